The number of ether oxygens (including phenoxy) is 2. The maximum absolute atomic E-state index is 12.7. The zero-order valence-electron chi connectivity index (χ0n) is 16.4. The summed E-state index contributed by atoms with van der Waals surface area (Å²) in [6.07, 6.45) is -1.50. The first kappa shape index (κ1) is 21.4. The molecule has 0 unspecified atom stereocenters. The predicted octanol–water partition coefficient (Wildman–Crippen LogP) is 5.86. The van der Waals surface area contributed by atoms with E-state index in [1.807, 2.05) is 26.0 Å². The fourth-order valence-corrected chi connectivity index (χ4v) is 2.83. The van der Waals surface area contributed by atoms with Crippen molar-refractivity contribution in [2.24, 2.45) is 0 Å². The third-order valence-electron chi connectivity index (χ3n) is 2.62. The summed E-state index contributed by atoms with van der Waals surface area (Å²) in [4.78, 5) is 27.2. The first-order valence-corrected chi connectivity index (χ1v) is 9.20. The number of hydrogen-bond acceptors (Lipinski definition) is 5. The van der Waals surface area contributed by atoms with Gasteiger partial charge in [0.05, 0.1) is 5.69 Å². The van der Waals surface area contributed by atoms with E-state index >= 15 is 0 Å². The summed E-state index contributed by atoms with van der Waals surface area (Å²) in [5.74, 6) is 0. The molecule has 5 nitrogen and oxygen atoms in total. The Morgan fingerprint density at radius 1 is 0.920 bits per heavy atom. The molecule has 0 saturated carbocycles. The van der Waals surface area contributed by atoms with Gasteiger partial charge in [0.2, 0.25) is 0 Å². The molecule has 0 aliphatic heterocycles. The maximum atomic E-state index is 12.7. The van der Waals surface area contributed by atoms with Gasteiger partial charge in [0.1, 0.15) is 11.2 Å². The van der Waals surface area contributed by atoms with Crippen molar-refractivity contribution in [3.63, 3.8) is 0 Å². The number of amides is 2. The number of anilines is 1. The van der Waals surface area contributed by atoms with Crippen LogP contribution in [0.3, 0.4) is 0 Å². The zero-order chi connectivity index (χ0) is 19.4. The molecule has 0 heterocycles. The fraction of sp³-hybridized carbons (Fsp3) is 0.579. The van der Waals surface area contributed by atoms with Crippen LogP contribution in [-0.2, 0) is 9.47 Å². The Hall–Kier alpha value is -1.69. The van der Waals surface area contributed by atoms with Crippen LogP contribution < -0.4 is 4.90 Å². The minimum atomic E-state index is -0.751. The van der Waals surface area contributed by atoms with E-state index in [0.717, 1.165) is 9.80 Å². The molecular weight excluding hydrogens is 338 g/mol. The van der Waals surface area contributed by atoms with Crippen LogP contribution in [-0.4, -0.2) is 28.6 Å². The number of imide groups is 1. The Labute approximate surface area is 155 Å². The Kier molecular flexibility index (Phi) is 6.94. The van der Waals surface area contributed by atoms with Crippen LogP contribution in [0.15, 0.2) is 29.2 Å². The van der Waals surface area contributed by atoms with Gasteiger partial charge in [0.25, 0.3) is 0 Å². The van der Waals surface area contributed by atoms with E-state index in [-0.39, 0.29) is 0 Å². The van der Waals surface area contributed by atoms with E-state index in [0.29, 0.717) is 10.9 Å². The smallest absolute Gasteiger partial charge is 0.424 e. The minimum absolute atomic E-state index is 0.292. The van der Waals surface area contributed by atoms with Crippen LogP contribution >= 0.6 is 11.8 Å². The van der Waals surface area contributed by atoms with Crippen molar-refractivity contribution in [1.82, 2.24) is 0 Å². The van der Waals surface area contributed by atoms with Crippen LogP contribution in [0.1, 0.15) is 55.4 Å². The zero-order valence-corrected chi connectivity index (χ0v) is 17.2. The van der Waals surface area contributed by atoms with Gasteiger partial charge in [0.15, 0.2) is 0 Å². The SMILES string of the molecule is CC(C)Sc1ccccc1N(C(=O)OC(C)(C)C)C(=O)OC(C)(C)C. The molecule has 0 spiro atoms. The lowest BCUT2D eigenvalue weighted by Crippen LogP contribution is -2.44. The number of para-hydroxylation sites is 1. The van der Waals surface area contributed by atoms with Gasteiger partial charge in [-0.3, -0.25) is 0 Å². The van der Waals surface area contributed by atoms with Gasteiger partial charge >= 0.3 is 12.2 Å². The predicted molar refractivity (Wildman–Crippen MR) is 102 cm³/mol. The third kappa shape index (κ3) is 7.38. The van der Waals surface area contributed by atoms with Crippen LogP contribution in [0, 0.1) is 0 Å². The molecule has 0 radical (unpaired) electrons. The molecule has 2 amide bonds. The summed E-state index contributed by atoms with van der Waals surface area (Å²) in [6, 6.07) is 7.25. The Morgan fingerprint density at radius 3 is 1.76 bits per heavy atom. The molecule has 1 aromatic carbocycles. The number of rotatable bonds is 3. The molecule has 1 aromatic rings. The van der Waals surface area contributed by atoms with Crippen molar-refractivity contribution in [2.45, 2.75) is 76.7 Å². The lowest BCUT2D eigenvalue weighted by Gasteiger charge is -2.29. The highest BCUT2D eigenvalue weighted by Crippen LogP contribution is 2.34. The number of carbonyl (C=O) groups excluding carboxylic acids is 2. The largest absolute Gasteiger partial charge is 0.443 e. The highest BCUT2D eigenvalue weighted by atomic mass is 32.2. The molecule has 0 aliphatic rings. The topological polar surface area (TPSA) is 55.8 Å². The van der Waals surface area contributed by atoms with Crippen molar-refractivity contribution in [1.29, 1.82) is 0 Å². The van der Waals surface area contributed by atoms with E-state index in [1.54, 1.807) is 65.4 Å². The highest BCUT2D eigenvalue weighted by Gasteiger charge is 2.34. The average Bonchev–Trinajstić information content (AvgIpc) is 2.36. The Balaban J connectivity index is 3.32. The molecular formula is C19H29NO4S. The molecule has 0 aromatic heterocycles. The lowest BCUT2D eigenvalue weighted by molar-refractivity contribution is 0.0429. The van der Waals surface area contributed by atoms with Gasteiger partial charge in [-0.25, -0.2) is 9.59 Å². The van der Waals surface area contributed by atoms with Gasteiger partial charge in [-0.1, -0.05) is 26.0 Å². The van der Waals surface area contributed by atoms with Crippen LogP contribution in [0.5, 0.6) is 0 Å². The monoisotopic (exact) mass is 367 g/mol. The van der Waals surface area contributed by atoms with Gasteiger partial charge in [-0.2, -0.15) is 4.90 Å². The summed E-state index contributed by atoms with van der Waals surface area (Å²) in [5, 5.41) is 0.292. The second kappa shape index (κ2) is 8.13. The van der Waals surface area contributed by atoms with Crippen LogP contribution in [0.4, 0.5) is 15.3 Å². The second-order valence-corrected chi connectivity index (χ2v) is 9.55. The maximum Gasteiger partial charge on any atom is 0.424 e. The van der Waals surface area contributed by atoms with Crippen molar-refractivity contribution in [3.05, 3.63) is 24.3 Å². The Bertz CT molecular complexity index is 587. The molecule has 0 bridgehead atoms. The summed E-state index contributed by atoms with van der Waals surface area (Å²) in [7, 11) is 0. The molecule has 140 valence electrons. The summed E-state index contributed by atoms with van der Waals surface area (Å²) >= 11 is 1.57. The van der Waals surface area contributed by atoms with Gasteiger partial charge in [-0.15, -0.1) is 11.8 Å². The lowest BCUT2D eigenvalue weighted by atomic mass is 10.2. The third-order valence-corrected chi connectivity index (χ3v) is 3.69. The molecule has 0 aliphatic carbocycles. The van der Waals surface area contributed by atoms with Crippen molar-refractivity contribution in [2.75, 3.05) is 4.90 Å². The van der Waals surface area contributed by atoms with Gasteiger partial charge in [-0.05, 0) is 53.7 Å². The molecule has 0 N–H and O–H groups in total. The summed E-state index contributed by atoms with van der Waals surface area (Å²) in [5.41, 5.74) is -0.987. The normalized spacial score (nSPS) is 12.0. The molecule has 25 heavy (non-hydrogen) atoms. The van der Waals surface area contributed by atoms with Crippen LogP contribution in [0.25, 0.3) is 0 Å². The molecule has 0 fully saturated rings. The standard InChI is InChI=1S/C19H29NO4S/c1-13(2)25-15-12-10-9-11-14(15)20(16(21)23-18(3,4)5)17(22)24-19(6,7)8/h9-13H,1-8H3. The first-order chi connectivity index (χ1) is 11.3. The van der Waals surface area contributed by atoms with Crippen molar-refractivity contribution in [3.8, 4) is 0 Å². The molecule has 6 heteroatoms. The van der Waals surface area contributed by atoms with Crippen molar-refractivity contribution < 1.29 is 19.1 Å². The van der Waals surface area contributed by atoms with Crippen LogP contribution in [0.2, 0.25) is 0 Å². The number of hydrogen-bond donors (Lipinski definition) is 0. The van der Waals surface area contributed by atoms with E-state index in [9.17, 15) is 9.59 Å². The number of nitrogens with zero attached hydrogens (tertiary/aromatic N) is 1. The average molecular weight is 368 g/mol. The highest BCUT2D eigenvalue weighted by molar-refractivity contribution is 8.00. The van der Waals surface area contributed by atoms with Crippen molar-refractivity contribution >= 4 is 29.6 Å². The van der Waals surface area contributed by atoms with E-state index in [4.69, 9.17) is 9.47 Å². The molecule has 0 atom stereocenters. The number of thioether (sulfide) groups is 1. The van der Waals surface area contributed by atoms with E-state index in [2.05, 4.69) is 0 Å². The fourth-order valence-electron chi connectivity index (χ4n) is 1.88. The first-order valence-electron chi connectivity index (χ1n) is 8.32. The van der Waals surface area contributed by atoms with Gasteiger partial charge in [0, 0.05) is 10.1 Å². The van der Waals surface area contributed by atoms with E-state index in [1.165, 1.54) is 0 Å². The van der Waals surface area contributed by atoms with Gasteiger partial charge < -0.3 is 9.47 Å². The second-order valence-electron chi connectivity index (χ2n) is 7.93. The molecule has 0 saturated heterocycles. The minimum Gasteiger partial charge on any atom is -0.443 e. The quantitative estimate of drug-likeness (QED) is 0.626. The molecule has 1 rings (SSSR count). The number of benzene rings is 1. The summed E-state index contributed by atoms with van der Waals surface area (Å²) < 4.78 is 10.9. The Morgan fingerprint density at radius 2 is 1.36 bits per heavy atom. The summed E-state index contributed by atoms with van der Waals surface area (Å²) in [6.45, 7) is 14.6. The van der Waals surface area contributed by atoms with E-state index < -0.39 is 23.4 Å². The number of carbonyl (C=O) groups is 2.